The minimum atomic E-state index is -6.17. The van der Waals surface area contributed by atoms with Crippen molar-refractivity contribution in [3.63, 3.8) is 0 Å². The molecule has 2 aromatic rings. The number of aryl methyl sites for hydroxylation is 1. The Hall–Kier alpha value is -2.29. The lowest BCUT2D eigenvalue weighted by atomic mass is 9.74. The maximum atomic E-state index is 15.0. The minimum Gasteiger partial charge on any atom is -0.369 e. The van der Waals surface area contributed by atoms with Gasteiger partial charge in [0.05, 0.1) is 6.26 Å². The first-order valence-corrected chi connectivity index (χ1v) is 13.3. The molecular formula is C24H24F8N2O3S. The van der Waals surface area contributed by atoms with E-state index in [4.69, 9.17) is 0 Å². The van der Waals surface area contributed by atoms with Gasteiger partial charge in [0.2, 0.25) is 10.0 Å². The summed E-state index contributed by atoms with van der Waals surface area (Å²) >= 11 is 0. The molecule has 1 N–H and O–H groups in total. The van der Waals surface area contributed by atoms with Crippen LogP contribution in [0.5, 0.6) is 0 Å². The third-order valence-electron chi connectivity index (χ3n) is 7.16. The molecule has 0 atom stereocenters. The molecule has 38 heavy (non-hydrogen) atoms. The van der Waals surface area contributed by atoms with E-state index in [2.05, 4.69) is 0 Å². The van der Waals surface area contributed by atoms with Crippen LogP contribution in [-0.2, 0) is 28.6 Å². The molecule has 0 bridgehead atoms. The molecule has 0 aromatic heterocycles. The Morgan fingerprint density at radius 3 is 1.92 bits per heavy atom. The highest BCUT2D eigenvalue weighted by atomic mass is 32.2. The van der Waals surface area contributed by atoms with Gasteiger partial charge >= 0.3 is 12.4 Å². The molecule has 2 fully saturated rings. The quantitative estimate of drug-likeness (QED) is 0.515. The number of alkyl halides is 6. The van der Waals surface area contributed by atoms with E-state index in [9.17, 15) is 44.3 Å². The molecule has 0 unspecified atom stereocenters. The van der Waals surface area contributed by atoms with Crippen LogP contribution in [-0.4, -0.2) is 67.5 Å². The summed E-state index contributed by atoms with van der Waals surface area (Å²) in [5.74, 6) is -2.23. The zero-order valence-electron chi connectivity index (χ0n) is 20.2. The molecule has 2 aromatic carbocycles. The van der Waals surface area contributed by atoms with Gasteiger partial charge in [-0.2, -0.15) is 26.3 Å². The number of halogens is 8. The predicted molar refractivity (Wildman–Crippen MR) is 121 cm³/mol. The molecule has 2 aliphatic rings. The maximum absolute atomic E-state index is 15.0. The Morgan fingerprint density at radius 1 is 0.868 bits per heavy atom. The lowest BCUT2D eigenvalue weighted by Gasteiger charge is -2.59. The van der Waals surface area contributed by atoms with Crippen LogP contribution in [0.1, 0.15) is 23.6 Å². The molecule has 0 saturated carbocycles. The van der Waals surface area contributed by atoms with Crippen LogP contribution in [0.15, 0.2) is 30.3 Å². The molecule has 210 valence electrons. The van der Waals surface area contributed by atoms with Crippen molar-refractivity contribution < 1.29 is 48.6 Å². The molecule has 0 amide bonds. The lowest BCUT2D eigenvalue weighted by Crippen LogP contribution is -2.72. The average molecular weight is 573 g/mol. The van der Waals surface area contributed by atoms with Crippen LogP contribution in [0, 0.1) is 17.0 Å². The standard InChI is InChI=1S/C24H24F8N2O3S/c1-3-14-6-15(9-33-10-21(11-33)12-34(13-21)38(2,36)37)19(25)8-18(14)17-5-4-16(7-20(17)26)22(35,23(27,28)29)24(30,31)32/h4-8,35H,3,9-13H2,1-2H3. The van der Waals surface area contributed by atoms with Crippen molar-refractivity contribution >= 4 is 10.0 Å². The third-order valence-corrected chi connectivity index (χ3v) is 8.35. The Kier molecular flexibility index (Phi) is 6.90. The molecule has 14 heteroatoms. The Morgan fingerprint density at radius 2 is 1.45 bits per heavy atom. The maximum Gasteiger partial charge on any atom is 0.430 e. The van der Waals surface area contributed by atoms with E-state index < -0.39 is 50.7 Å². The molecule has 0 radical (unpaired) electrons. The highest BCUT2D eigenvalue weighted by molar-refractivity contribution is 7.88. The fourth-order valence-electron chi connectivity index (χ4n) is 5.17. The number of aliphatic hydroxyl groups is 1. The summed E-state index contributed by atoms with van der Waals surface area (Å²) in [4.78, 5) is 1.92. The summed E-state index contributed by atoms with van der Waals surface area (Å²) < 4.78 is 133. The van der Waals surface area contributed by atoms with Crippen molar-refractivity contribution in [2.24, 2.45) is 5.41 Å². The Labute approximate surface area is 213 Å². The summed E-state index contributed by atoms with van der Waals surface area (Å²) in [6.45, 7) is 3.74. The number of rotatable bonds is 6. The zero-order valence-corrected chi connectivity index (χ0v) is 21.0. The van der Waals surface area contributed by atoms with Gasteiger partial charge < -0.3 is 5.11 Å². The second kappa shape index (κ2) is 9.14. The van der Waals surface area contributed by atoms with Gasteiger partial charge in [-0.25, -0.2) is 21.5 Å². The van der Waals surface area contributed by atoms with Crippen LogP contribution in [0.3, 0.4) is 0 Å². The number of likely N-dealkylation sites (tertiary alicyclic amines) is 1. The van der Waals surface area contributed by atoms with Gasteiger partial charge in [0, 0.05) is 54.8 Å². The first-order valence-electron chi connectivity index (χ1n) is 11.5. The summed E-state index contributed by atoms with van der Waals surface area (Å²) in [7, 11) is -3.27. The smallest absolute Gasteiger partial charge is 0.369 e. The highest BCUT2D eigenvalue weighted by Gasteiger charge is 2.71. The van der Waals surface area contributed by atoms with Gasteiger partial charge in [-0.3, -0.25) is 4.90 Å². The molecule has 2 saturated heterocycles. The summed E-state index contributed by atoms with van der Waals surface area (Å²) in [5, 5.41) is 9.53. The largest absolute Gasteiger partial charge is 0.430 e. The molecule has 2 aliphatic heterocycles. The first kappa shape index (κ1) is 28.7. The highest BCUT2D eigenvalue weighted by Crippen LogP contribution is 2.50. The van der Waals surface area contributed by atoms with Gasteiger partial charge in [0.25, 0.3) is 5.60 Å². The van der Waals surface area contributed by atoms with E-state index in [1.54, 1.807) is 6.92 Å². The van der Waals surface area contributed by atoms with Crippen molar-refractivity contribution in [3.8, 4) is 11.1 Å². The number of hydrogen-bond donors (Lipinski definition) is 1. The monoisotopic (exact) mass is 572 g/mol. The number of hydrogen-bond acceptors (Lipinski definition) is 4. The molecule has 2 heterocycles. The molecular weight excluding hydrogens is 548 g/mol. The fraction of sp³-hybridized carbons (Fsp3) is 0.500. The van der Waals surface area contributed by atoms with Crippen molar-refractivity contribution in [3.05, 3.63) is 58.7 Å². The van der Waals surface area contributed by atoms with Crippen LogP contribution >= 0.6 is 0 Å². The zero-order chi connectivity index (χ0) is 28.5. The Balaban J connectivity index is 1.57. The van der Waals surface area contributed by atoms with E-state index >= 15 is 4.39 Å². The number of nitrogens with zero attached hydrogens (tertiary/aromatic N) is 2. The van der Waals surface area contributed by atoms with E-state index in [-0.39, 0.29) is 35.6 Å². The van der Waals surface area contributed by atoms with E-state index in [1.807, 2.05) is 4.90 Å². The SMILES string of the molecule is CCc1cc(CN2CC3(C2)CN(S(C)(=O)=O)C3)c(F)cc1-c1ccc(C(O)(C(F)(F)F)C(F)(F)F)cc1F. The van der Waals surface area contributed by atoms with Gasteiger partial charge in [-0.05, 0) is 29.7 Å². The van der Waals surface area contributed by atoms with Crippen LogP contribution < -0.4 is 0 Å². The van der Waals surface area contributed by atoms with Crippen LogP contribution in [0.2, 0.25) is 0 Å². The van der Waals surface area contributed by atoms with Gasteiger partial charge in [0.15, 0.2) is 0 Å². The number of benzene rings is 2. The van der Waals surface area contributed by atoms with Crippen molar-refractivity contribution in [1.82, 2.24) is 9.21 Å². The summed E-state index contributed by atoms with van der Waals surface area (Å²) in [5.41, 5.74) is -6.98. The van der Waals surface area contributed by atoms with Crippen molar-refractivity contribution in [1.29, 1.82) is 0 Å². The fourth-order valence-corrected chi connectivity index (χ4v) is 6.19. The van der Waals surface area contributed by atoms with E-state index in [0.29, 0.717) is 43.9 Å². The lowest BCUT2D eigenvalue weighted by molar-refractivity contribution is -0.376. The van der Waals surface area contributed by atoms with E-state index in [1.165, 1.54) is 10.4 Å². The molecule has 1 spiro atoms. The second-order valence-corrected chi connectivity index (χ2v) is 12.0. The topological polar surface area (TPSA) is 60.9 Å². The summed E-state index contributed by atoms with van der Waals surface area (Å²) in [6.07, 6.45) is -11.0. The molecule has 5 nitrogen and oxygen atoms in total. The molecule has 4 rings (SSSR count). The third kappa shape index (κ3) is 4.80. The van der Waals surface area contributed by atoms with Gasteiger partial charge in [-0.15, -0.1) is 0 Å². The summed E-state index contributed by atoms with van der Waals surface area (Å²) in [6, 6.07) is 3.39. The van der Waals surface area contributed by atoms with Gasteiger partial charge in [0.1, 0.15) is 11.6 Å². The van der Waals surface area contributed by atoms with E-state index in [0.717, 1.165) is 12.3 Å². The van der Waals surface area contributed by atoms with Crippen LogP contribution in [0.4, 0.5) is 35.1 Å². The predicted octanol–water partition coefficient (Wildman–Crippen LogP) is 4.58. The second-order valence-electron chi connectivity index (χ2n) is 10.0. The minimum absolute atomic E-state index is 0.0387. The average Bonchev–Trinajstić information content (AvgIpc) is 2.72. The Bertz CT molecular complexity index is 1330. The van der Waals surface area contributed by atoms with Gasteiger partial charge in [-0.1, -0.05) is 25.1 Å². The number of sulfonamides is 1. The normalized spacial score (nSPS) is 18.9. The molecule has 0 aliphatic carbocycles. The van der Waals surface area contributed by atoms with Crippen molar-refractivity contribution in [2.75, 3.05) is 32.4 Å². The van der Waals surface area contributed by atoms with Crippen LogP contribution in [0.25, 0.3) is 11.1 Å². The van der Waals surface area contributed by atoms with Crippen molar-refractivity contribution in [2.45, 2.75) is 37.8 Å². The first-order chi connectivity index (χ1) is 17.3.